The first kappa shape index (κ1) is 17.8. The van der Waals surface area contributed by atoms with Crippen LogP contribution in [0.2, 0.25) is 0 Å². The first-order valence-corrected chi connectivity index (χ1v) is 7.31. The molecule has 0 saturated heterocycles. The molecule has 0 atom stereocenters. The van der Waals surface area contributed by atoms with Crippen molar-refractivity contribution in [1.29, 1.82) is 5.26 Å². The molecule has 0 aliphatic heterocycles. The SMILES string of the molecule is CC(C)n1nc(-c2cnc(N)c(C(F)(F)F)c2)cc1C(C)(C)C#N. The van der Waals surface area contributed by atoms with E-state index in [0.717, 1.165) is 6.07 Å². The number of rotatable bonds is 3. The summed E-state index contributed by atoms with van der Waals surface area (Å²) >= 11 is 0. The van der Waals surface area contributed by atoms with E-state index in [2.05, 4.69) is 16.2 Å². The van der Waals surface area contributed by atoms with Crippen LogP contribution in [0.15, 0.2) is 18.3 Å². The highest BCUT2D eigenvalue weighted by Gasteiger charge is 2.34. The van der Waals surface area contributed by atoms with Crippen LogP contribution < -0.4 is 5.73 Å². The molecule has 0 aromatic carbocycles. The molecule has 128 valence electrons. The summed E-state index contributed by atoms with van der Waals surface area (Å²) in [5.41, 5.74) is 4.64. The van der Waals surface area contributed by atoms with Gasteiger partial charge in [-0.3, -0.25) is 4.68 Å². The second kappa shape index (κ2) is 5.82. The van der Waals surface area contributed by atoms with Gasteiger partial charge in [-0.25, -0.2) is 4.98 Å². The quantitative estimate of drug-likeness (QED) is 0.920. The summed E-state index contributed by atoms with van der Waals surface area (Å²) in [7, 11) is 0. The highest BCUT2D eigenvalue weighted by molar-refractivity contribution is 5.63. The average Bonchev–Trinajstić information content (AvgIpc) is 2.92. The molecule has 2 aromatic rings. The topological polar surface area (TPSA) is 80.5 Å². The van der Waals surface area contributed by atoms with Crippen molar-refractivity contribution >= 4 is 5.82 Å². The van der Waals surface area contributed by atoms with Crippen LogP contribution in [0.25, 0.3) is 11.3 Å². The van der Waals surface area contributed by atoms with Gasteiger partial charge in [0, 0.05) is 17.8 Å². The van der Waals surface area contributed by atoms with Crippen LogP contribution >= 0.6 is 0 Å². The first-order chi connectivity index (χ1) is 11.0. The van der Waals surface area contributed by atoms with Crippen molar-refractivity contribution in [1.82, 2.24) is 14.8 Å². The van der Waals surface area contributed by atoms with E-state index in [1.54, 1.807) is 24.6 Å². The molecule has 0 aliphatic rings. The number of pyridine rings is 1. The Balaban J connectivity index is 2.63. The standard InChI is InChI=1S/C16H18F3N5/c1-9(2)24-13(15(3,4)8-20)6-12(23-24)10-5-11(16(17,18)19)14(21)22-7-10/h5-7,9H,1-4H3,(H2,21,22). The Hall–Kier alpha value is -2.56. The Kier molecular flexibility index (Phi) is 4.31. The second-order valence-corrected chi connectivity index (χ2v) is 6.34. The minimum Gasteiger partial charge on any atom is -0.383 e. The monoisotopic (exact) mass is 337 g/mol. The number of hydrogen-bond donors (Lipinski definition) is 1. The van der Waals surface area contributed by atoms with Gasteiger partial charge in [0.15, 0.2) is 0 Å². The molecule has 0 spiro atoms. The van der Waals surface area contributed by atoms with Crippen molar-refractivity contribution in [2.45, 2.75) is 45.3 Å². The van der Waals surface area contributed by atoms with E-state index in [0.29, 0.717) is 11.4 Å². The van der Waals surface area contributed by atoms with E-state index in [1.165, 1.54) is 6.20 Å². The van der Waals surface area contributed by atoms with Crippen molar-refractivity contribution in [2.24, 2.45) is 0 Å². The summed E-state index contributed by atoms with van der Waals surface area (Å²) in [4.78, 5) is 3.63. The number of halogens is 3. The van der Waals surface area contributed by atoms with Crippen molar-refractivity contribution in [2.75, 3.05) is 5.73 Å². The Morgan fingerprint density at radius 2 is 1.88 bits per heavy atom. The van der Waals surface area contributed by atoms with Gasteiger partial charge in [0.05, 0.1) is 28.4 Å². The first-order valence-electron chi connectivity index (χ1n) is 7.31. The third-order valence-corrected chi connectivity index (χ3v) is 3.66. The largest absolute Gasteiger partial charge is 0.419 e. The minimum atomic E-state index is -4.59. The summed E-state index contributed by atoms with van der Waals surface area (Å²) in [6, 6.07) is 4.69. The number of nitrogens with zero attached hydrogens (tertiary/aromatic N) is 4. The number of nitrogen functional groups attached to an aromatic ring is 1. The van der Waals surface area contributed by atoms with Gasteiger partial charge >= 0.3 is 6.18 Å². The van der Waals surface area contributed by atoms with Crippen molar-refractivity contribution in [3.63, 3.8) is 0 Å². The third kappa shape index (κ3) is 3.20. The molecule has 0 saturated carbocycles. The maximum absolute atomic E-state index is 13.0. The number of aromatic nitrogens is 3. The lowest BCUT2D eigenvalue weighted by atomic mass is 9.90. The van der Waals surface area contributed by atoms with Gasteiger partial charge in [0.25, 0.3) is 0 Å². The van der Waals surface area contributed by atoms with Crippen LogP contribution in [0.5, 0.6) is 0 Å². The number of hydrogen-bond acceptors (Lipinski definition) is 4. The fraction of sp³-hybridized carbons (Fsp3) is 0.438. The zero-order chi connectivity index (χ0) is 18.3. The average molecular weight is 337 g/mol. The third-order valence-electron chi connectivity index (χ3n) is 3.66. The molecular formula is C16H18F3N5. The molecule has 0 radical (unpaired) electrons. The van der Waals surface area contributed by atoms with Crippen LogP contribution in [-0.4, -0.2) is 14.8 Å². The van der Waals surface area contributed by atoms with Gasteiger partial charge in [-0.15, -0.1) is 0 Å². The Bertz CT molecular complexity index is 797. The molecule has 24 heavy (non-hydrogen) atoms. The molecule has 0 aliphatic carbocycles. The molecule has 2 aromatic heterocycles. The Morgan fingerprint density at radius 3 is 2.38 bits per heavy atom. The Labute approximate surface area is 137 Å². The zero-order valence-electron chi connectivity index (χ0n) is 13.8. The molecular weight excluding hydrogens is 319 g/mol. The number of nitrogens with two attached hydrogens (primary N) is 1. The molecule has 2 rings (SSSR count). The van der Waals surface area contributed by atoms with E-state index in [1.807, 2.05) is 13.8 Å². The lowest BCUT2D eigenvalue weighted by Crippen LogP contribution is -2.21. The number of anilines is 1. The van der Waals surface area contributed by atoms with E-state index in [9.17, 15) is 18.4 Å². The molecule has 2 heterocycles. The van der Waals surface area contributed by atoms with Gasteiger partial charge in [-0.1, -0.05) is 0 Å². The van der Waals surface area contributed by atoms with Crippen LogP contribution in [-0.2, 0) is 11.6 Å². The van der Waals surface area contributed by atoms with Crippen LogP contribution in [0, 0.1) is 11.3 Å². The maximum Gasteiger partial charge on any atom is 0.419 e. The molecule has 5 nitrogen and oxygen atoms in total. The predicted molar refractivity (Wildman–Crippen MR) is 83.9 cm³/mol. The molecule has 2 N–H and O–H groups in total. The molecule has 0 fully saturated rings. The summed E-state index contributed by atoms with van der Waals surface area (Å²) in [6.45, 7) is 7.23. The van der Waals surface area contributed by atoms with Crippen LogP contribution in [0.4, 0.5) is 19.0 Å². The highest BCUT2D eigenvalue weighted by Crippen LogP contribution is 2.36. The van der Waals surface area contributed by atoms with E-state index >= 15 is 0 Å². The molecule has 8 heteroatoms. The van der Waals surface area contributed by atoms with E-state index < -0.39 is 23.0 Å². The van der Waals surface area contributed by atoms with E-state index in [-0.39, 0.29) is 11.6 Å². The summed E-state index contributed by atoms with van der Waals surface area (Å²) in [5.74, 6) is -0.577. The van der Waals surface area contributed by atoms with Gasteiger partial charge < -0.3 is 5.73 Å². The smallest absolute Gasteiger partial charge is 0.383 e. The fourth-order valence-electron chi connectivity index (χ4n) is 2.30. The van der Waals surface area contributed by atoms with E-state index in [4.69, 9.17) is 5.73 Å². The van der Waals surface area contributed by atoms with Gasteiger partial charge in [0.2, 0.25) is 0 Å². The highest BCUT2D eigenvalue weighted by atomic mass is 19.4. The van der Waals surface area contributed by atoms with Gasteiger partial charge in [-0.2, -0.15) is 23.5 Å². The Morgan fingerprint density at radius 1 is 1.25 bits per heavy atom. The summed E-state index contributed by atoms with van der Waals surface area (Å²) < 4.78 is 40.7. The molecule has 0 bridgehead atoms. The van der Waals surface area contributed by atoms with Crippen molar-refractivity contribution in [3.8, 4) is 17.3 Å². The van der Waals surface area contributed by atoms with Crippen molar-refractivity contribution < 1.29 is 13.2 Å². The molecule has 0 amide bonds. The lowest BCUT2D eigenvalue weighted by Gasteiger charge is -2.19. The maximum atomic E-state index is 13.0. The fourth-order valence-corrected chi connectivity index (χ4v) is 2.30. The second-order valence-electron chi connectivity index (χ2n) is 6.34. The van der Waals surface area contributed by atoms with Crippen molar-refractivity contribution in [3.05, 3.63) is 29.6 Å². The zero-order valence-corrected chi connectivity index (χ0v) is 13.8. The minimum absolute atomic E-state index is 0.0507. The number of alkyl halides is 3. The predicted octanol–water partition coefficient (Wildman–Crippen LogP) is 3.93. The number of nitriles is 1. The van der Waals surface area contributed by atoms with Crippen LogP contribution in [0.1, 0.15) is 45.0 Å². The summed E-state index contributed by atoms with van der Waals surface area (Å²) in [5, 5.41) is 13.7. The van der Waals surface area contributed by atoms with Crippen LogP contribution in [0.3, 0.4) is 0 Å². The summed E-state index contributed by atoms with van der Waals surface area (Å²) in [6.07, 6.45) is -3.34. The van der Waals surface area contributed by atoms with Gasteiger partial charge in [-0.05, 0) is 39.8 Å². The lowest BCUT2D eigenvalue weighted by molar-refractivity contribution is -0.137. The molecule has 0 unspecified atom stereocenters. The normalized spacial score (nSPS) is 12.5. The van der Waals surface area contributed by atoms with Gasteiger partial charge in [0.1, 0.15) is 5.82 Å².